The molecule has 5 rings (SSSR count). The van der Waals surface area contributed by atoms with Crippen molar-refractivity contribution in [2.45, 2.75) is 19.5 Å². The molecule has 0 radical (unpaired) electrons. The number of benzene rings is 1. The van der Waals surface area contributed by atoms with Crippen molar-refractivity contribution >= 4 is 11.9 Å². The van der Waals surface area contributed by atoms with Crippen molar-refractivity contribution in [3.63, 3.8) is 0 Å². The second-order valence-electron chi connectivity index (χ2n) is 8.43. The van der Waals surface area contributed by atoms with E-state index >= 15 is 0 Å². The Kier molecular flexibility index (Phi) is 5.94. The average molecular weight is 476 g/mol. The summed E-state index contributed by atoms with van der Waals surface area (Å²) in [6.45, 7) is 1.35. The zero-order valence-electron chi connectivity index (χ0n) is 19.8. The summed E-state index contributed by atoms with van der Waals surface area (Å²) in [4.78, 5) is 23.9. The third kappa shape index (κ3) is 4.23. The molecule has 180 valence electrons. The van der Waals surface area contributed by atoms with Gasteiger partial charge in [0.2, 0.25) is 5.95 Å². The number of aryl methyl sites for hydroxylation is 1. The van der Waals surface area contributed by atoms with Crippen molar-refractivity contribution in [2.75, 3.05) is 26.0 Å². The highest BCUT2D eigenvalue weighted by Crippen LogP contribution is 2.33. The maximum absolute atomic E-state index is 13.8. The predicted octanol–water partition coefficient (Wildman–Crippen LogP) is 3.11. The number of nitrogens with zero attached hydrogens (tertiary/aromatic N) is 6. The minimum Gasteiger partial charge on any atom is -0.494 e. The second-order valence-corrected chi connectivity index (χ2v) is 8.43. The van der Waals surface area contributed by atoms with Crippen LogP contribution in [0.25, 0.3) is 11.3 Å². The summed E-state index contributed by atoms with van der Waals surface area (Å²) < 4.78 is 22.7. The van der Waals surface area contributed by atoms with Crippen LogP contribution in [-0.2, 0) is 26.6 Å². The zero-order chi connectivity index (χ0) is 24.5. The Labute approximate surface area is 202 Å². The lowest BCUT2D eigenvalue weighted by molar-refractivity contribution is 0.0724. The minimum atomic E-state index is -0.530. The van der Waals surface area contributed by atoms with Crippen LogP contribution in [0.4, 0.5) is 10.3 Å². The monoisotopic (exact) mass is 475 g/mol. The van der Waals surface area contributed by atoms with Gasteiger partial charge in [-0.05, 0) is 35.7 Å². The van der Waals surface area contributed by atoms with E-state index < -0.39 is 5.82 Å². The van der Waals surface area contributed by atoms with E-state index in [0.29, 0.717) is 30.8 Å². The molecule has 0 saturated heterocycles. The maximum Gasteiger partial charge on any atom is 0.254 e. The van der Waals surface area contributed by atoms with E-state index in [9.17, 15) is 9.18 Å². The molecule has 9 nitrogen and oxygen atoms in total. The van der Waals surface area contributed by atoms with E-state index in [0.717, 1.165) is 34.5 Å². The Balaban J connectivity index is 1.53. The molecule has 1 aliphatic rings. The van der Waals surface area contributed by atoms with Crippen LogP contribution >= 0.6 is 0 Å². The second kappa shape index (κ2) is 9.21. The number of amides is 1. The number of hydrogen-bond acceptors (Lipinski definition) is 6. The fourth-order valence-electron chi connectivity index (χ4n) is 4.58. The van der Waals surface area contributed by atoms with Gasteiger partial charge in [0, 0.05) is 56.4 Å². The van der Waals surface area contributed by atoms with Crippen molar-refractivity contribution < 1.29 is 13.9 Å². The van der Waals surface area contributed by atoms with Gasteiger partial charge in [0.1, 0.15) is 0 Å². The van der Waals surface area contributed by atoms with Gasteiger partial charge in [-0.15, -0.1) is 0 Å². The van der Waals surface area contributed by atoms with Gasteiger partial charge >= 0.3 is 0 Å². The van der Waals surface area contributed by atoms with Crippen LogP contribution in [-0.4, -0.2) is 55.8 Å². The Morgan fingerprint density at radius 1 is 1.14 bits per heavy atom. The molecule has 0 atom stereocenters. The Morgan fingerprint density at radius 2 is 1.97 bits per heavy atom. The van der Waals surface area contributed by atoms with Crippen LogP contribution in [0.15, 0.2) is 49.1 Å². The Bertz CT molecular complexity index is 1390. The highest BCUT2D eigenvalue weighted by molar-refractivity contribution is 5.99. The van der Waals surface area contributed by atoms with Crippen LogP contribution in [0.2, 0.25) is 0 Å². The van der Waals surface area contributed by atoms with Crippen LogP contribution in [0, 0.1) is 5.82 Å². The van der Waals surface area contributed by atoms with Gasteiger partial charge in [-0.25, -0.2) is 9.37 Å². The quantitative estimate of drug-likeness (QED) is 0.442. The largest absolute Gasteiger partial charge is 0.494 e. The third-order valence-electron chi connectivity index (χ3n) is 6.30. The molecular formula is C25H26FN7O2. The molecule has 0 aliphatic carbocycles. The molecule has 10 heteroatoms. The van der Waals surface area contributed by atoms with Gasteiger partial charge < -0.3 is 19.5 Å². The number of imidazole rings is 1. The van der Waals surface area contributed by atoms with Gasteiger partial charge in [-0.2, -0.15) is 5.10 Å². The van der Waals surface area contributed by atoms with Gasteiger partial charge in [-0.1, -0.05) is 0 Å². The molecule has 35 heavy (non-hydrogen) atoms. The summed E-state index contributed by atoms with van der Waals surface area (Å²) in [7, 11) is 5.13. The number of hydrogen-bond donors (Lipinski definition) is 1. The number of nitrogens with one attached hydrogen (secondary N) is 1. The molecule has 1 N–H and O–H groups in total. The summed E-state index contributed by atoms with van der Waals surface area (Å²) in [5.74, 6) is 0.244. The van der Waals surface area contributed by atoms with E-state index in [1.807, 2.05) is 41.7 Å². The lowest BCUT2D eigenvalue weighted by atomic mass is 9.90. The molecule has 0 bridgehead atoms. The minimum absolute atomic E-state index is 0.0823. The lowest BCUT2D eigenvalue weighted by Crippen LogP contribution is -2.37. The number of pyridine rings is 1. The molecule has 4 aromatic rings. The first kappa shape index (κ1) is 22.6. The first-order valence-corrected chi connectivity index (χ1v) is 11.3. The highest BCUT2D eigenvalue weighted by atomic mass is 19.1. The van der Waals surface area contributed by atoms with Crippen molar-refractivity contribution in [3.8, 4) is 17.0 Å². The molecule has 0 unspecified atom stereocenters. The predicted molar refractivity (Wildman–Crippen MR) is 129 cm³/mol. The number of methoxy groups -OCH3 is 1. The van der Waals surface area contributed by atoms with Gasteiger partial charge in [0.05, 0.1) is 37.8 Å². The molecule has 1 amide bonds. The van der Waals surface area contributed by atoms with Crippen molar-refractivity contribution in [2.24, 2.45) is 7.05 Å². The molecule has 0 saturated carbocycles. The molecule has 3 aromatic heterocycles. The van der Waals surface area contributed by atoms with Crippen LogP contribution in [0.3, 0.4) is 0 Å². The van der Waals surface area contributed by atoms with E-state index in [1.54, 1.807) is 17.3 Å². The van der Waals surface area contributed by atoms with Gasteiger partial charge in [-0.3, -0.25) is 14.5 Å². The van der Waals surface area contributed by atoms with E-state index in [4.69, 9.17) is 4.74 Å². The lowest BCUT2D eigenvalue weighted by Gasteiger charge is -2.30. The number of halogens is 1. The summed E-state index contributed by atoms with van der Waals surface area (Å²) in [6, 6.07) is 7.58. The summed E-state index contributed by atoms with van der Waals surface area (Å²) in [6.07, 6.45) is 7.21. The van der Waals surface area contributed by atoms with E-state index in [1.165, 1.54) is 13.2 Å². The average Bonchev–Trinajstić information content (AvgIpc) is 3.50. The molecule has 1 aromatic carbocycles. The summed E-state index contributed by atoms with van der Waals surface area (Å²) in [5, 5.41) is 7.42. The fraction of sp³-hybridized carbons (Fsp3) is 0.280. The van der Waals surface area contributed by atoms with Gasteiger partial charge in [0.25, 0.3) is 5.91 Å². The number of carbonyl (C=O) groups is 1. The van der Waals surface area contributed by atoms with Gasteiger partial charge in [0.15, 0.2) is 11.6 Å². The third-order valence-corrected chi connectivity index (χ3v) is 6.30. The van der Waals surface area contributed by atoms with Crippen molar-refractivity contribution in [1.82, 2.24) is 29.2 Å². The first-order chi connectivity index (χ1) is 17.0. The van der Waals surface area contributed by atoms with Crippen LogP contribution in [0.5, 0.6) is 5.75 Å². The normalized spacial score (nSPS) is 13.1. The maximum atomic E-state index is 13.8. The molecule has 0 spiro atoms. The van der Waals surface area contributed by atoms with Crippen LogP contribution < -0.4 is 10.1 Å². The topological polar surface area (TPSA) is 90.1 Å². The number of rotatable bonds is 7. The van der Waals surface area contributed by atoms with E-state index in [-0.39, 0.29) is 18.2 Å². The number of fused-ring (bicyclic) bond motifs is 1. The molecule has 0 fully saturated rings. The summed E-state index contributed by atoms with van der Waals surface area (Å²) >= 11 is 0. The van der Waals surface area contributed by atoms with Crippen molar-refractivity contribution in [1.29, 1.82) is 0 Å². The van der Waals surface area contributed by atoms with Crippen molar-refractivity contribution in [3.05, 3.63) is 77.3 Å². The first-order valence-electron chi connectivity index (χ1n) is 11.3. The molecule has 1 aliphatic heterocycles. The molecular weight excluding hydrogens is 449 g/mol. The van der Waals surface area contributed by atoms with Crippen LogP contribution in [0.1, 0.15) is 27.2 Å². The smallest absolute Gasteiger partial charge is 0.254 e. The van der Waals surface area contributed by atoms with E-state index in [2.05, 4.69) is 26.4 Å². The number of anilines is 1. The Morgan fingerprint density at radius 3 is 2.71 bits per heavy atom. The molecule has 4 heterocycles. The highest BCUT2D eigenvalue weighted by Gasteiger charge is 2.28. The Hall–Kier alpha value is -4.21. The summed E-state index contributed by atoms with van der Waals surface area (Å²) in [5.41, 5.74) is 5.16. The fourth-order valence-corrected chi connectivity index (χ4v) is 4.58. The number of aromatic nitrogens is 5. The number of ether oxygens (including phenoxy) is 1. The SMILES string of the molecule is CNc1nccn1Cc1cc2c(c(-c3ccnn3C)c1)CCN(Cc1cc(OC)c(F)cn1)C2=O. The standard InChI is InChI=1S/C25H26FN7O2/c1-27-25-28-7-9-33(25)14-16-10-19(22-4-6-30-31(22)2)18-5-8-32(24(34)20(18)11-16)15-17-12-23(35-3)21(26)13-29-17/h4,6-7,9-13H,5,8,14-15H2,1-3H3,(H,27,28). The number of carbonyl (C=O) groups excluding carboxylic acids is 1. The zero-order valence-corrected chi connectivity index (χ0v) is 19.8.